The van der Waals surface area contributed by atoms with Crippen LogP contribution >= 0.6 is 0 Å². The molecular weight excluding hydrogens is 336 g/mol. The Morgan fingerprint density at radius 1 is 1.31 bits per heavy atom. The van der Waals surface area contributed by atoms with E-state index in [0.717, 1.165) is 12.0 Å². The van der Waals surface area contributed by atoms with Gasteiger partial charge < -0.3 is 19.7 Å². The molecule has 2 rings (SSSR count). The van der Waals surface area contributed by atoms with Crippen LogP contribution in [0.5, 0.6) is 5.75 Å². The number of nitrogens with zero attached hydrogens (tertiary/aromatic N) is 1. The van der Waals surface area contributed by atoms with Crippen LogP contribution < -0.4 is 10.1 Å². The van der Waals surface area contributed by atoms with Crippen LogP contribution in [0.25, 0.3) is 0 Å². The van der Waals surface area contributed by atoms with Crippen molar-refractivity contribution in [1.82, 2.24) is 4.90 Å². The van der Waals surface area contributed by atoms with Crippen molar-refractivity contribution < 1.29 is 23.9 Å². The van der Waals surface area contributed by atoms with Crippen LogP contribution in [0.3, 0.4) is 0 Å². The highest BCUT2D eigenvalue weighted by atomic mass is 16.6. The predicted molar refractivity (Wildman–Crippen MR) is 96.9 cm³/mol. The van der Waals surface area contributed by atoms with Crippen LogP contribution in [0.1, 0.15) is 32.3 Å². The minimum atomic E-state index is -0.486. The highest BCUT2D eigenvalue weighted by Gasteiger charge is 2.35. The zero-order chi connectivity index (χ0) is 19.3. The van der Waals surface area contributed by atoms with Crippen molar-refractivity contribution in [3.63, 3.8) is 0 Å². The van der Waals surface area contributed by atoms with Crippen molar-refractivity contribution in [3.8, 4) is 5.75 Å². The van der Waals surface area contributed by atoms with E-state index in [1.165, 1.54) is 7.11 Å². The van der Waals surface area contributed by atoms with Gasteiger partial charge in [-0.1, -0.05) is 13.8 Å². The lowest BCUT2D eigenvalue weighted by Gasteiger charge is -2.30. The Labute approximate surface area is 153 Å². The molecule has 142 valence electrons. The number of aryl methyl sites for hydroxylation is 1. The van der Waals surface area contributed by atoms with E-state index in [0.29, 0.717) is 24.4 Å². The monoisotopic (exact) mass is 362 g/mol. The molecule has 0 saturated carbocycles. The summed E-state index contributed by atoms with van der Waals surface area (Å²) in [7, 11) is 1.30. The number of carbonyl (C=O) groups excluding carboxylic acids is 3. The van der Waals surface area contributed by atoms with Gasteiger partial charge in [0.25, 0.3) is 0 Å². The molecule has 1 atom stereocenters. The maximum atomic E-state index is 12.8. The van der Waals surface area contributed by atoms with E-state index in [9.17, 15) is 14.4 Å². The number of carbonyl (C=O) groups is 3. The third-order valence-electron chi connectivity index (χ3n) is 4.39. The minimum absolute atomic E-state index is 0.0139. The maximum Gasteiger partial charge on any atom is 0.343 e. The first-order valence-electron chi connectivity index (χ1n) is 8.74. The molecule has 7 heteroatoms. The van der Waals surface area contributed by atoms with Crippen LogP contribution in [0, 0.1) is 12.8 Å². The number of methoxy groups -OCH3 is 1. The van der Waals surface area contributed by atoms with Gasteiger partial charge in [0.2, 0.25) is 11.8 Å². The first-order chi connectivity index (χ1) is 12.3. The Morgan fingerprint density at radius 3 is 2.58 bits per heavy atom. The summed E-state index contributed by atoms with van der Waals surface area (Å²) in [5, 5.41) is 2.91. The molecule has 0 bridgehead atoms. The molecule has 0 aliphatic carbocycles. The molecule has 26 heavy (non-hydrogen) atoms. The van der Waals surface area contributed by atoms with Crippen LogP contribution in [0.2, 0.25) is 0 Å². The van der Waals surface area contributed by atoms with E-state index in [2.05, 4.69) is 10.1 Å². The molecule has 1 fully saturated rings. The molecule has 1 N–H and O–H groups in total. The fourth-order valence-corrected chi connectivity index (χ4v) is 3.04. The number of hydrogen-bond donors (Lipinski definition) is 1. The van der Waals surface area contributed by atoms with Crippen molar-refractivity contribution in [2.75, 3.05) is 25.6 Å². The van der Waals surface area contributed by atoms with Gasteiger partial charge in [0.1, 0.15) is 11.8 Å². The number of nitrogens with one attached hydrogen (secondary N) is 1. The van der Waals surface area contributed by atoms with E-state index in [1.54, 1.807) is 23.1 Å². The molecule has 0 radical (unpaired) electrons. The summed E-state index contributed by atoms with van der Waals surface area (Å²) in [5.74, 6) is -0.0974. The van der Waals surface area contributed by atoms with E-state index < -0.39 is 12.0 Å². The van der Waals surface area contributed by atoms with Crippen molar-refractivity contribution in [1.29, 1.82) is 0 Å². The molecule has 0 spiro atoms. The zero-order valence-corrected chi connectivity index (χ0v) is 15.7. The average molecular weight is 362 g/mol. The average Bonchev–Trinajstić information content (AvgIpc) is 3.00. The number of likely N-dealkylation sites (tertiary alicyclic amines) is 1. The Bertz CT molecular complexity index is 687. The number of ether oxygens (including phenoxy) is 2. The lowest BCUT2D eigenvalue weighted by Crippen LogP contribution is -2.48. The highest BCUT2D eigenvalue weighted by Crippen LogP contribution is 2.24. The van der Waals surface area contributed by atoms with Gasteiger partial charge in [0.05, 0.1) is 7.11 Å². The second kappa shape index (κ2) is 8.69. The Morgan fingerprint density at radius 2 is 2.04 bits per heavy atom. The van der Waals surface area contributed by atoms with Gasteiger partial charge in [-0.05, 0) is 43.0 Å². The molecule has 1 aromatic rings. The fourth-order valence-electron chi connectivity index (χ4n) is 3.04. The molecular formula is C19H26N2O5. The quantitative estimate of drug-likeness (QED) is 0.751. The van der Waals surface area contributed by atoms with E-state index in [1.807, 2.05) is 20.8 Å². The van der Waals surface area contributed by atoms with Gasteiger partial charge in [0, 0.05) is 18.7 Å². The van der Waals surface area contributed by atoms with E-state index in [-0.39, 0.29) is 24.3 Å². The summed E-state index contributed by atoms with van der Waals surface area (Å²) < 4.78 is 9.87. The zero-order valence-electron chi connectivity index (χ0n) is 15.7. The third-order valence-corrected chi connectivity index (χ3v) is 4.39. The summed E-state index contributed by atoms with van der Waals surface area (Å²) >= 11 is 0. The van der Waals surface area contributed by atoms with Crippen LogP contribution in [0.4, 0.5) is 5.69 Å². The lowest BCUT2D eigenvalue weighted by atomic mass is 10.0. The molecule has 1 aliphatic heterocycles. The molecule has 1 aromatic carbocycles. The van der Waals surface area contributed by atoms with Gasteiger partial charge in [-0.2, -0.15) is 0 Å². The van der Waals surface area contributed by atoms with Gasteiger partial charge in [-0.25, -0.2) is 4.79 Å². The molecule has 1 aliphatic rings. The number of hydrogen-bond acceptors (Lipinski definition) is 5. The van der Waals surface area contributed by atoms with Crippen molar-refractivity contribution in [3.05, 3.63) is 23.8 Å². The Balaban J connectivity index is 2.07. The van der Waals surface area contributed by atoms with Crippen molar-refractivity contribution in [2.45, 2.75) is 39.7 Å². The summed E-state index contributed by atoms with van der Waals surface area (Å²) in [6, 6.07) is 4.66. The SMILES string of the molecule is COC(=O)COc1ccc(NC(=O)C(C(C)C)N2CCCC2=O)c(C)c1. The number of benzene rings is 1. The van der Waals surface area contributed by atoms with Gasteiger partial charge in [0.15, 0.2) is 6.61 Å². The molecule has 2 amide bonds. The van der Waals surface area contributed by atoms with Crippen molar-refractivity contribution >= 4 is 23.5 Å². The molecule has 7 nitrogen and oxygen atoms in total. The van der Waals surface area contributed by atoms with Gasteiger partial charge >= 0.3 is 5.97 Å². The summed E-state index contributed by atoms with van der Waals surface area (Å²) in [6.07, 6.45) is 1.29. The summed E-state index contributed by atoms with van der Waals surface area (Å²) in [6.45, 7) is 6.16. The third kappa shape index (κ3) is 4.74. The van der Waals surface area contributed by atoms with Gasteiger partial charge in [-0.15, -0.1) is 0 Å². The Hall–Kier alpha value is -2.57. The largest absolute Gasteiger partial charge is 0.482 e. The fraction of sp³-hybridized carbons (Fsp3) is 0.526. The molecule has 1 heterocycles. The summed E-state index contributed by atoms with van der Waals surface area (Å²) in [4.78, 5) is 37.6. The number of rotatable bonds is 7. The normalized spacial score (nSPS) is 15.1. The highest BCUT2D eigenvalue weighted by molar-refractivity contribution is 5.98. The second-order valence-corrected chi connectivity index (χ2v) is 6.71. The predicted octanol–water partition coefficient (Wildman–Crippen LogP) is 2.13. The first-order valence-corrected chi connectivity index (χ1v) is 8.74. The first kappa shape index (κ1) is 19.8. The van der Waals surface area contributed by atoms with Crippen LogP contribution in [0.15, 0.2) is 18.2 Å². The Kier molecular flexibility index (Phi) is 6.60. The topological polar surface area (TPSA) is 84.9 Å². The van der Waals surface area contributed by atoms with Crippen LogP contribution in [-0.2, 0) is 19.1 Å². The lowest BCUT2D eigenvalue weighted by molar-refractivity contribution is -0.142. The molecule has 1 saturated heterocycles. The number of esters is 1. The standard InChI is InChI=1S/C19H26N2O5/c1-12(2)18(21-9-5-6-16(21)22)19(24)20-15-8-7-14(10-13(15)3)26-11-17(23)25-4/h7-8,10,12,18H,5-6,9,11H2,1-4H3,(H,20,24). The minimum Gasteiger partial charge on any atom is -0.482 e. The van der Waals surface area contributed by atoms with Crippen molar-refractivity contribution in [2.24, 2.45) is 5.92 Å². The van der Waals surface area contributed by atoms with Crippen LogP contribution in [-0.4, -0.2) is 49.0 Å². The molecule has 0 aromatic heterocycles. The number of anilines is 1. The van der Waals surface area contributed by atoms with Gasteiger partial charge in [-0.3, -0.25) is 9.59 Å². The number of amides is 2. The second-order valence-electron chi connectivity index (χ2n) is 6.71. The molecule has 1 unspecified atom stereocenters. The van der Waals surface area contributed by atoms with E-state index >= 15 is 0 Å². The summed E-state index contributed by atoms with van der Waals surface area (Å²) in [5.41, 5.74) is 1.45. The maximum absolute atomic E-state index is 12.8. The van der Waals surface area contributed by atoms with E-state index in [4.69, 9.17) is 4.74 Å². The smallest absolute Gasteiger partial charge is 0.343 e.